The second kappa shape index (κ2) is 5.97. The van der Waals surface area contributed by atoms with Crippen molar-refractivity contribution < 1.29 is 0 Å². The van der Waals surface area contributed by atoms with Gasteiger partial charge in [-0.3, -0.25) is 4.98 Å². The van der Waals surface area contributed by atoms with Crippen molar-refractivity contribution in [3.63, 3.8) is 0 Å². The zero-order chi connectivity index (χ0) is 12.1. The van der Waals surface area contributed by atoms with Gasteiger partial charge in [0.2, 0.25) is 0 Å². The zero-order valence-electron chi connectivity index (χ0n) is 10.9. The molecule has 0 spiro atoms. The molecule has 0 aromatic carbocycles. The van der Waals surface area contributed by atoms with Gasteiger partial charge >= 0.3 is 0 Å². The standard InChI is InChI=1S/C15H22N2/c1-3-17-15(13-7-5-4-6-8-13)14-11-16-10-9-12(14)2/h7,9-11,15,17H,3-6,8H2,1-2H3. The number of aryl methyl sites for hydroxylation is 1. The summed E-state index contributed by atoms with van der Waals surface area (Å²) in [6.07, 6.45) is 11.4. The molecule has 1 unspecified atom stereocenters. The summed E-state index contributed by atoms with van der Waals surface area (Å²) in [6, 6.07) is 2.47. The van der Waals surface area contributed by atoms with Crippen molar-refractivity contribution in [3.05, 3.63) is 41.2 Å². The van der Waals surface area contributed by atoms with Crippen LogP contribution in [0.15, 0.2) is 30.1 Å². The van der Waals surface area contributed by atoms with Gasteiger partial charge in [0.05, 0.1) is 6.04 Å². The second-order valence-electron chi connectivity index (χ2n) is 4.75. The molecule has 0 saturated heterocycles. The predicted molar refractivity (Wildman–Crippen MR) is 71.9 cm³/mol. The monoisotopic (exact) mass is 230 g/mol. The number of allylic oxidation sites excluding steroid dienone is 1. The van der Waals surface area contributed by atoms with E-state index in [1.165, 1.54) is 36.8 Å². The number of nitrogens with zero attached hydrogens (tertiary/aromatic N) is 1. The molecular formula is C15H22N2. The van der Waals surface area contributed by atoms with Gasteiger partial charge in [0.25, 0.3) is 0 Å². The third kappa shape index (κ3) is 2.95. The van der Waals surface area contributed by atoms with Gasteiger partial charge in [0.1, 0.15) is 0 Å². The molecule has 2 rings (SSSR count). The third-order valence-corrected chi connectivity index (χ3v) is 3.50. The lowest BCUT2D eigenvalue weighted by atomic mass is 9.89. The zero-order valence-corrected chi connectivity index (χ0v) is 10.9. The molecule has 1 N–H and O–H groups in total. The van der Waals surface area contributed by atoms with E-state index >= 15 is 0 Å². The first-order chi connectivity index (χ1) is 8.33. The SMILES string of the molecule is CCNC(C1=CCCCC1)c1cnccc1C. The summed E-state index contributed by atoms with van der Waals surface area (Å²) >= 11 is 0. The Morgan fingerprint density at radius 1 is 1.41 bits per heavy atom. The highest BCUT2D eigenvalue weighted by Gasteiger charge is 2.18. The Labute approximate surface area is 104 Å². The fourth-order valence-corrected chi connectivity index (χ4v) is 2.55. The molecule has 1 atom stereocenters. The number of likely N-dealkylation sites (N-methyl/N-ethyl adjacent to an activating group) is 1. The summed E-state index contributed by atoms with van der Waals surface area (Å²) in [5.41, 5.74) is 4.22. The van der Waals surface area contributed by atoms with Crippen LogP contribution in [0.2, 0.25) is 0 Å². The summed E-state index contributed by atoms with van der Waals surface area (Å²) < 4.78 is 0. The van der Waals surface area contributed by atoms with Gasteiger partial charge in [0, 0.05) is 12.4 Å². The minimum Gasteiger partial charge on any atom is -0.307 e. The summed E-state index contributed by atoms with van der Waals surface area (Å²) in [7, 11) is 0. The normalized spacial score (nSPS) is 17.6. The van der Waals surface area contributed by atoms with Gasteiger partial charge in [-0.15, -0.1) is 0 Å². The largest absolute Gasteiger partial charge is 0.307 e. The molecule has 1 aliphatic rings. The van der Waals surface area contributed by atoms with Crippen molar-refractivity contribution in [2.45, 2.75) is 45.6 Å². The maximum absolute atomic E-state index is 4.28. The summed E-state index contributed by atoms with van der Waals surface area (Å²) in [5, 5.41) is 3.60. The van der Waals surface area contributed by atoms with E-state index in [1.54, 1.807) is 5.57 Å². The molecule has 1 aromatic rings. The molecule has 0 bridgehead atoms. The first-order valence-corrected chi connectivity index (χ1v) is 6.65. The molecule has 1 aliphatic carbocycles. The maximum atomic E-state index is 4.28. The molecule has 0 radical (unpaired) electrons. The maximum Gasteiger partial charge on any atom is 0.0553 e. The van der Waals surface area contributed by atoms with E-state index in [4.69, 9.17) is 0 Å². The second-order valence-corrected chi connectivity index (χ2v) is 4.75. The van der Waals surface area contributed by atoms with Crippen molar-refractivity contribution in [1.29, 1.82) is 0 Å². The van der Waals surface area contributed by atoms with Gasteiger partial charge in [-0.25, -0.2) is 0 Å². The molecular weight excluding hydrogens is 208 g/mol. The van der Waals surface area contributed by atoms with Gasteiger partial charge < -0.3 is 5.32 Å². The quantitative estimate of drug-likeness (QED) is 0.800. The third-order valence-electron chi connectivity index (χ3n) is 3.50. The first-order valence-electron chi connectivity index (χ1n) is 6.65. The van der Waals surface area contributed by atoms with Crippen LogP contribution in [-0.2, 0) is 0 Å². The van der Waals surface area contributed by atoms with Crippen LogP contribution in [0.5, 0.6) is 0 Å². The fraction of sp³-hybridized carbons (Fsp3) is 0.533. The molecule has 0 aliphatic heterocycles. The van der Waals surface area contributed by atoms with E-state index in [2.05, 4.69) is 36.3 Å². The van der Waals surface area contributed by atoms with Gasteiger partial charge in [-0.05, 0) is 56.3 Å². The Kier molecular flexibility index (Phi) is 4.32. The lowest BCUT2D eigenvalue weighted by Crippen LogP contribution is -2.24. The van der Waals surface area contributed by atoms with Crippen LogP contribution in [0.1, 0.15) is 49.8 Å². The smallest absolute Gasteiger partial charge is 0.0553 e. The van der Waals surface area contributed by atoms with Crippen molar-refractivity contribution in [3.8, 4) is 0 Å². The lowest BCUT2D eigenvalue weighted by molar-refractivity contribution is 0.560. The molecule has 2 heteroatoms. The molecule has 0 fully saturated rings. The van der Waals surface area contributed by atoms with E-state index in [9.17, 15) is 0 Å². The van der Waals surface area contributed by atoms with Crippen molar-refractivity contribution >= 4 is 0 Å². The number of nitrogens with one attached hydrogen (secondary N) is 1. The van der Waals surface area contributed by atoms with Crippen LogP contribution < -0.4 is 5.32 Å². The number of pyridine rings is 1. The summed E-state index contributed by atoms with van der Waals surface area (Å²) in [6.45, 7) is 5.34. The van der Waals surface area contributed by atoms with Gasteiger partial charge in [-0.2, -0.15) is 0 Å². The van der Waals surface area contributed by atoms with Crippen LogP contribution in [0.4, 0.5) is 0 Å². The predicted octanol–water partition coefficient (Wildman–Crippen LogP) is 3.54. The van der Waals surface area contributed by atoms with Crippen LogP contribution >= 0.6 is 0 Å². The molecule has 1 aromatic heterocycles. The topological polar surface area (TPSA) is 24.9 Å². The minimum atomic E-state index is 0.369. The van der Waals surface area contributed by atoms with Crippen LogP contribution in [0.25, 0.3) is 0 Å². The molecule has 0 saturated carbocycles. The van der Waals surface area contributed by atoms with E-state index in [1.807, 2.05) is 12.4 Å². The van der Waals surface area contributed by atoms with Gasteiger partial charge in [-0.1, -0.05) is 18.6 Å². The van der Waals surface area contributed by atoms with Crippen molar-refractivity contribution in [2.75, 3.05) is 6.54 Å². The summed E-state index contributed by atoms with van der Waals surface area (Å²) in [4.78, 5) is 4.28. The number of rotatable bonds is 4. The lowest BCUT2D eigenvalue weighted by Gasteiger charge is -2.25. The highest BCUT2D eigenvalue weighted by molar-refractivity contribution is 5.32. The fourth-order valence-electron chi connectivity index (χ4n) is 2.55. The highest BCUT2D eigenvalue weighted by atomic mass is 14.9. The number of hydrogen-bond acceptors (Lipinski definition) is 2. The molecule has 0 amide bonds. The van der Waals surface area contributed by atoms with Crippen molar-refractivity contribution in [1.82, 2.24) is 10.3 Å². The Morgan fingerprint density at radius 3 is 2.94 bits per heavy atom. The Balaban J connectivity index is 2.28. The number of hydrogen-bond donors (Lipinski definition) is 1. The first kappa shape index (κ1) is 12.3. The highest BCUT2D eigenvalue weighted by Crippen LogP contribution is 2.30. The average Bonchev–Trinajstić information content (AvgIpc) is 2.38. The Morgan fingerprint density at radius 2 is 2.29 bits per heavy atom. The van der Waals surface area contributed by atoms with Crippen LogP contribution in [-0.4, -0.2) is 11.5 Å². The van der Waals surface area contributed by atoms with E-state index < -0.39 is 0 Å². The van der Waals surface area contributed by atoms with E-state index in [0.717, 1.165) is 6.54 Å². The summed E-state index contributed by atoms with van der Waals surface area (Å²) in [5.74, 6) is 0. The van der Waals surface area contributed by atoms with Gasteiger partial charge in [0.15, 0.2) is 0 Å². The molecule has 92 valence electrons. The average molecular weight is 230 g/mol. The number of aromatic nitrogens is 1. The minimum absolute atomic E-state index is 0.369. The Hall–Kier alpha value is -1.15. The molecule has 2 nitrogen and oxygen atoms in total. The molecule has 17 heavy (non-hydrogen) atoms. The van der Waals surface area contributed by atoms with E-state index in [0.29, 0.717) is 6.04 Å². The van der Waals surface area contributed by atoms with Crippen LogP contribution in [0, 0.1) is 6.92 Å². The van der Waals surface area contributed by atoms with Crippen molar-refractivity contribution in [2.24, 2.45) is 0 Å². The molecule has 1 heterocycles. The van der Waals surface area contributed by atoms with E-state index in [-0.39, 0.29) is 0 Å². The van der Waals surface area contributed by atoms with Crippen LogP contribution in [0.3, 0.4) is 0 Å². The Bertz CT molecular complexity index is 396.